The first-order chi connectivity index (χ1) is 7.26. The predicted molar refractivity (Wildman–Crippen MR) is 63.8 cm³/mol. The summed E-state index contributed by atoms with van der Waals surface area (Å²) >= 11 is 5.76. The predicted octanol–water partition coefficient (Wildman–Crippen LogP) is 3.39. The highest BCUT2D eigenvalue weighted by Crippen LogP contribution is 2.15. The van der Waals surface area contributed by atoms with Gasteiger partial charge in [-0.05, 0) is 45.4 Å². The number of nitrogens with zero attached hydrogens (tertiary/aromatic N) is 1. The molecule has 0 aliphatic rings. The van der Waals surface area contributed by atoms with Gasteiger partial charge in [-0.25, -0.2) is 9.78 Å². The quantitative estimate of drug-likeness (QED) is 0.768. The van der Waals surface area contributed by atoms with Crippen LogP contribution in [0.15, 0.2) is 12.1 Å². The van der Waals surface area contributed by atoms with Crippen molar-refractivity contribution in [1.82, 2.24) is 4.98 Å². The van der Waals surface area contributed by atoms with Crippen molar-refractivity contribution in [2.24, 2.45) is 0 Å². The number of hydrogen-bond donors (Lipinski definition) is 1. The Bertz CT molecular complexity index is 379. The molecule has 0 atom stereocenters. The summed E-state index contributed by atoms with van der Waals surface area (Å²) in [6.45, 7) is 7.25. The molecule has 88 valence electrons. The monoisotopic (exact) mass is 242 g/mol. The molecule has 1 N–H and O–H groups in total. The fraction of sp³-hybridized carbons (Fsp3) is 0.455. The molecule has 0 spiro atoms. The molecule has 16 heavy (non-hydrogen) atoms. The van der Waals surface area contributed by atoms with Crippen LogP contribution in [0.4, 0.5) is 10.6 Å². The minimum absolute atomic E-state index is 0.339. The molecule has 1 aromatic rings. The molecule has 0 unspecified atom stereocenters. The van der Waals surface area contributed by atoms with Gasteiger partial charge in [-0.15, -0.1) is 0 Å². The van der Waals surface area contributed by atoms with Gasteiger partial charge in [0.1, 0.15) is 16.6 Å². The molecule has 1 heterocycles. The average molecular weight is 243 g/mol. The highest BCUT2D eigenvalue weighted by atomic mass is 35.5. The highest BCUT2D eigenvalue weighted by Gasteiger charge is 2.16. The highest BCUT2D eigenvalue weighted by molar-refractivity contribution is 6.29. The molecule has 1 amide bonds. The first kappa shape index (κ1) is 12.8. The lowest BCUT2D eigenvalue weighted by Gasteiger charge is -2.19. The molecule has 5 heteroatoms. The maximum atomic E-state index is 11.4. The minimum atomic E-state index is -0.540. The number of carbonyl (C=O) groups is 1. The summed E-state index contributed by atoms with van der Waals surface area (Å²) in [5.74, 6) is 0.388. The van der Waals surface area contributed by atoms with Gasteiger partial charge in [0, 0.05) is 0 Å². The van der Waals surface area contributed by atoms with Crippen LogP contribution in [0.1, 0.15) is 26.3 Å². The molecule has 4 nitrogen and oxygen atoms in total. The van der Waals surface area contributed by atoms with Crippen LogP contribution in [-0.2, 0) is 4.74 Å². The topological polar surface area (TPSA) is 51.2 Å². The molecule has 0 fully saturated rings. The van der Waals surface area contributed by atoms with Gasteiger partial charge in [0.05, 0.1) is 0 Å². The zero-order valence-corrected chi connectivity index (χ0v) is 10.6. The molecule has 0 aliphatic heterocycles. The summed E-state index contributed by atoms with van der Waals surface area (Å²) in [5, 5.41) is 2.86. The van der Waals surface area contributed by atoms with E-state index in [1.54, 1.807) is 32.9 Å². The molecular formula is C11H15ClN2O2. The van der Waals surface area contributed by atoms with E-state index in [9.17, 15) is 4.79 Å². The number of ether oxygens (including phenoxy) is 1. The third-order valence-electron chi connectivity index (χ3n) is 1.57. The Hall–Kier alpha value is -1.29. The van der Waals surface area contributed by atoms with Gasteiger partial charge in [0.25, 0.3) is 0 Å². The number of nitrogens with one attached hydrogen (secondary N) is 1. The summed E-state index contributed by atoms with van der Waals surface area (Å²) in [5.41, 5.74) is 0.392. The first-order valence-corrected chi connectivity index (χ1v) is 5.28. The van der Waals surface area contributed by atoms with Gasteiger partial charge in [0.15, 0.2) is 0 Å². The smallest absolute Gasteiger partial charge is 0.413 e. The van der Waals surface area contributed by atoms with E-state index in [2.05, 4.69) is 10.3 Å². The fourth-order valence-corrected chi connectivity index (χ4v) is 1.36. The lowest BCUT2D eigenvalue weighted by atomic mass is 10.2. The number of rotatable bonds is 1. The zero-order valence-electron chi connectivity index (χ0n) is 9.80. The Labute approximate surface area is 100.0 Å². The fourth-order valence-electron chi connectivity index (χ4n) is 1.10. The minimum Gasteiger partial charge on any atom is -0.444 e. The molecule has 1 rings (SSSR count). The second-order valence-corrected chi connectivity index (χ2v) is 4.87. The number of carbonyl (C=O) groups excluding carboxylic acids is 1. The van der Waals surface area contributed by atoms with E-state index in [4.69, 9.17) is 16.3 Å². The standard InChI is InChI=1S/C11H15ClN2O2/c1-7-5-8(12)13-9(6-7)14-10(15)16-11(2,3)4/h5-6H,1-4H3,(H,13,14,15). The summed E-state index contributed by atoms with van der Waals surface area (Å²) < 4.78 is 5.09. The van der Waals surface area contributed by atoms with E-state index in [1.807, 2.05) is 6.92 Å². The SMILES string of the molecule is Cc1cc(Cl)nc(NC(=O)OC(C)(C)C)c1. The van der Waals surface area contributed by atoms with Crippen LogP contribution < -0.4 is 5.32 Å². The zero-order chi connectivity index (χ0) is 12.3. The van der Waals surface area contributed by atoms with E-state index in [1.165, 1.54) is 0 Å². The van der Waals surface area contributed by atoms with Crippen LogP contribution >= 0.6 is 11.6 Å². The van der Waals surface area contributed by atoms with Gasteiger partial charge in [0.2, 0.25) is 0 Å². The van der Waals surface area contributed by atoms with Crippen LogP contribution in [0.5, 0.6) is 0 Å². The van der Waals surface area contributed by atoms with Crippen molar-refractivity contribution in [2.45, 2.75) is 33.3 Å². The molecule has 0 aromatic carbocycles. The second-order valence-electron chi connectivity index (χ2n) is 4.48. The van der Waals surface area contributed by atoms with Crippen molar-refractivity contribution in [3.8, 4) is 0 Å². The normalized spacial score (nSPS) is 11.1. The van der Waals surface area contributed by atoms with Crippen molar-refractivity contribution in [1.29, 1.82) is 0 Å². The average Bonchev–Trinajstić information content (AvgIpc) is 1.96. The third-order valence-corrected chi connectivity index (χ3v) is 1.76. The molecule has 0 aliphatic carbocycles. The van der Waals surface area contributed by atoms with Crippen LogP contribution in [0, 0.1) is 6.92 Å². The molecule has 0 radical (unpaired) electrons. The largest absolute Gasteiger partial charge is 0.444 e. The van der Waals surface area contributed by atoms with Crippen LogP contribution in [-0.4, -0.2) is 16.7 Å². The Kier molecular flexibility index (Phi) is 3.75. The first-order valence-electron chi connectivity index (χ1n) is 4.90. The summed E-state index contributed by atoms with van der Waals surface area (Å²) in [4.78, 5) is 15.4. The second kappa shape index (κ2) is 4.70. The van der Waals surface area contributed by atoms with Crippen LogP contribution in [0.2, 0.25) is 5.15 Å². The van der Waals surface area contributed by atoms with Crippen molar-refractivity contribution in [3.05, 3.63) is 22.8 Å². The van der Waals surface area contributed by atoms with Gasteiger partial charge in [-0.3, -0.25) is 5.32 Å². The van der Waals surface area contributed by atoms with Gasteiger partial charge in [-0.1, -0.05) is 11.6 Å². The Morgan fingerprint density at radius 3 is 2.56 bits per heavy atom. The van der Waals surface area contributed by atoms with Gasteiger partial charge < -0.3 is 4.74 Å². The van der Waals surface area contributed by atoms with Crippen molar-refractivity contribution in [3.63, 3.8) is 0 Å². The molecule has 0 bridgehead atoms. The maximum Gasteiger partial charge on any atom is 0.413 e. The molecule has 0 saturated carbocycles. The number of aryl methyl sites for hydroxylation is 1. The van der Waals surface area contributed by atoms with E-state index >= 15 is 0 Å². The number of halogens is 1. The maximum absolute atomic E-state index is 11.4. The van der Waals surface area contributed by atoms with E-state index in [0.29, 0.717) is 11.0 Å². The van der Waals surface area contributed by atoms with Crippen LogP contribution in [0.3, 0.4) is 0 Å². The Morgan fingerprint density at radius 1 is 1.44 bits per heavy atom. The van der Waals surface area contributed by atoms with Crippen LogP contribution in [0.25, 0.3) is 0 Å². The van der Waals surface area contributed by atoms with E-state index in [0.717, 1.165) is 5.56 Å². The summed E-state index contributed by atoms with van der Waals surface area (Å²) in [6, 6.07) is 3.43. The van der Waals surface area contributed by atoms with E-state index < -0.39 is 11.7 Å². The number of pyridine rings is 1. The lowest BCUT2D eigenvalue weighted by molar-refractivity contribution is 0.0635. The Morgan fingerprint density at radius 2 is 2.06 bits per heavy atom. The number of anilines is 1. The third kappa shape index (κ3) is 4.49. The molecule has 0 saturated heterocycles. The molecule has 1 aromatic heterocycles. The number of aromatic nitrogens is 1. The van der Waals surface area contributed by atoms with Crippen molar-refractivity contribution in [2.75, 3.05) is 5.32 Å². The van der Waals surface area contributed by atoms with Gasteiger partial charge >= 0.3 is 6.09 Å². The number of amides is 1. The van der Waals surface area contributed by atoms with Crippen molar-refractivity contribution >= 4 is 23.5 Å². The summed E-state index contributed by atoms with van der Waals surface area (Å²) in [7, 11) is 0. The van der Waals surface area contributed by atoms with Crippen molar-refractivity contribution < 1.29 is 9.53 Å². The Balaban J connectivity index is 2.70. The summed E-state index contributed by atoms with van der Waals surface area (Å²) in [6.07, 6.45) is -0.540. The number of hydrogen-bond acceptors (Lipinski definition) is 3. The molecular weight excluding hydrogens is 228 g/mol. The lowest BCUT2D eigenvalue weighted by Crippen LogP contribution is -2.27. The van der Waals surface area contributed by atoms with E-state index in [-0.39, 0.29) is 0 Å². The van der Waals surface area contributed by atoms with Gasteiger partial charge in [-0.2, -0.15) is 0 Å².